The molecule has 0 aliphatic heterocycles. The van der Waals surface area contributed by atoms with Crippen LogP contribution in [0, 0.1) is 6.92 Å². The number of rotatable bonds is 4. The van der Waals surface area contributed by atoms with E-state index in [-0.39, 0.29) is 0 Å². The number of aromatic nitrogens is 2. The van der Waals surface area contributed by atoms with Gasteiger partial charge in [0.2, 0.25) is 0 Å². The van der Waals surface area contributed by atoms with Crippen LogP contribution >= 0.6 is 0 Å². The van der Waals surface area contributed by atoms with Gasteiger partial charge < -0.3 is 10.3 Å². The van der Waals surface area contributed by atoms with Crippen LogP contribution < -0.4 is 5.32 Å². The average Bonchev–Trinajstić information content (AvgIpc) is 2.43. The highest BCUT2D eigenvalue weighted by atomic mass is 15.0. The molecule has 0 radical (unpaired) electrons. The van der Waals surface area contributed by atoms with Gasteiger partial charge in [-0.15, -0.1) is 0 Å². The maximum absolute atomic E-state index is 4.56. The van der Waals surface area contributed by atoms with Crippen LogP contribution in [-0.2, 0) is 6.54 Å². The zero-order chi connectivity index (χ0) is 10.7. The summed E-state index contributed by atoms with van der Waals surface area (Å²) in [6.45, 7) is 11.5. The number of H-pyrrole nitrogens is 1. The lowest BCUT2D eigenvalue weighted by molar-refractivity contribution is 0.574. The van der Waals surface area contributed by atoms with Crippen LogP contribution in [0.15, 0.2) is 0 Å². The van der Waals surface area contributed by atoms with Crippen LogP contribution in [0.4, 0.5) is 0 Å². The zero-order valence-electron chi connectivity index (χ0n) is 9.81. The fourth-order valence-corrected chi connectivity index (χ4v) is 1.48. The van der Waals surface area contributed by atoms with Gasteiger partial charge in [0, 0.05) is 11.7 Å². The highest BCUT2D eigenvalue weighted by Crippen LogP contribution is 2.15. The van der Waals surface area contributed by atoms with E-state index in [1.165, 1.54) is 11.4 Å². The van der Waals surface area contributed by atoms with E-state index in [0.29, 0.717) is 12.0 Å². The molecule has 1 aromatic rings. The first kappa shape index (κ1) is 11.2. The summed E-state index contributed by atoms with van der Waals surface area (Å²) in [5.74, 6) is 1.54. The third kappa shape index (κ3) is 2.84. The van der Waals surface area contributed by atoms with Crippen molar-refractivity contribution in [3.05, 3.63) is 17.2 Å². The molecule has 14 heavy (non-hydrogen) atoms. The van der Waals surface area contributed by atoms with Crippen molar-refractivity contribution in [1.29, 1.82) is 0 Å². The predicted octanol–water partition coefficient (Wildman–Crippen LogP) is 2.34. The second-order valence-electron chi connectivity index (χ2n) is 4.38. The fraction of sp³-hybridized carbons (Fsp3) is 0.727. The summed E-state index contributed by atoms with van der Waals surface area (Å²) in [7, 11) is 0. The van der Waals surface area contributed by atoms with Crippen molar-refractivity contribution in [3.63, 3.8) is 0 Å². The van der Waals surface area contributed by atoms with Crippen molar-refractivity contribution in [3.8, 4) is 0 Å². The van der Waals surface area contributed by atoms with Gasteiger partial charge in [0.1, 0.15) is 5.82 Å². The Labute approximate surface area is 86.3 Å². The van der Waals surface area contributed by atoms with E-state index in [9.17, 15) is 0 Å². The molecule has 0 bridgehead atoms. The van der Waals surface area contributed by atoms with Gasteiger partial charge >= 0.3 is 0 Å². The molecular formula is C11H21N3. The van der Waals surface area contributed by atoms with Crippen molar-refractivity contribution < 1.29 is 0 Å². The van der Waals surface area contributed by atoms with Gasteiger partial charge in [-0.25, -0.2) is 4.98 Å². The summed E-state index contributed by atoms with van der Waals surface area (Å²) >= 11 is 0. The Bertz CT molecular complexity index is 287. The summed E-state index contributed by atoms with van der Waals surface area (Å²) in [6, 6.07) is 0.503. The Morgan fingerprint density at radius 3 is 2.36 bits per heavy atom. The van der Waals surface area contributed by atoms with E-state index >= 15 is 0 Å². The Balaban J connectivity index is 2.66. The molecule has 0 aliphatic carbocycles. The average molecular weight is 195 g/mol. The molecule has 3 nitrogen and oxygen atoms in total. The first-order valence-electron chi connectivity index (χ1n) is 5.29. The Hall–Kier alpha value is -0.830. The minimum atomic E-state index is 0.499. The number of hydrogen-bond donors (Lipinski definition) is 2. The van der Waals surface area contributed by atoms with E-state index in [4.69, 9.17) is 0 Å². The van der Waals surface area contributed by atoms with E-state index < -0.39 is 0 Å². The molecule has 0 aromatic carbocycles. The zero-order valence-corrected chi connectivity index (χ0v) is 9.81. The van der Waals surface area contributed by atoms with Crippen molar-refractivity contribution >= 4 is 0 Å². The predicted molar refractivity (Wildman–Crippen MR) is 59.4 cm³/mol. The third-order valence-electron chi connectivity index (χ3n) is 2.20. The van der Waals surface area contributed by atoms with Gasteiger partial charge in [0.05, 0.1) is 12.2 Å². The van der Waals surface area contributed by atoms with E-state index in [1.54, 1.807) is 0 Å². The summed E-state index contributed by atoms with van der Waals surface area (Å²) < 4.78 is 0. The van der Waals surface area contributed by atoms with E-state index in [2.05, 4.69) is 49.9 Å². The molecule has 1 rings (SSSR count). The Morgan fingerprint density at radius 2 is 1.93 bits per heavy atom. The SMILES string of the molecule is Cc1[nH]c(CNC(C)C)nc1C(C)C. The van der Waals surface area contributed by atoms with Gasteiger partial charge in [0.15, 0.2) is 0 Å². The second kappa shape index (κ2) is 4.60. The van der Waals surface area contributed by atoms with E-state index in [1.807, 2.05) is 0 Å². The first-order chi connectivity index (χ1) is 6.50. The van der Waals surface area contributed by atoms with Crippen LogP contribution in [0.5, 0.6) is 0 Å². The molecule has 0 spiro atoms. The summed E-state index contributed by atoms with van der Waals surface area (Å²) in [5.41, 5.74) is 2.38. The van der Waals surface area contributed by atoms with Crippen LogP contribution in [0.25, 0.3) is 0 Å². The molecule has 0 fully saturated rings. The van der Waals surface area contributed by atoms with Gasteiger partial charge in [-0.05, 0) is 12.8 Å². The number of hydrogen-bond acceptors (Lipinski definition) is 2. The number of nitrogens with one attached hydrogen (secondary N) is 2. The molecule has 2 N–H and O–H groups in total. The second-order valence-corrected chi connectivity index (χ2v) is 4.38. The fourth-order valence-electron chi connectivity index (χ4n) is 1.48. The largest absolute Gasteiger partial charge is 0.345 e. The van der Waals surface area contributed by atoms with E-state index in [0.717, 1.165) is 12.4 Å². The molecule has 0 atom stereocenters. The molecule has 0 saturated carbocycles. The molecule has 0 amide bonds. The lowest BCUT2D eigenvalue weighted by atomic mass is 10.1. The van der Waals surface area contributed by atoms with Crippen molar-refractivity contribution in [2.24, 2.45) is 0 Å². The highest BCUT2D eigenvalue weighted by Gasteiger charge is 2.09. The minimum absolute atomic E-state index is 0.499. The molecule has 1 aromatic heterocycles. The first-order valence-corrected chi connectivity index (χ1v) is 5.29. The maximum Gasteiger partial charge on any atom is 0.120 e. The molecule has 0 saturated heterocycles. The van der Waals surface area contributed by atoms with Gasteiger partial charge in [-0.2, -0.15) is 0 Å². The lowest BCUT2D eigenvalue weighted by Crippen LogP contribution is -2.22. The minimum Gasteiger partial charge on any atom is -0.345 e. The normalized spacial score (nSPS) is 11.6. The molecule has 80 valence electrons. The van der Waals surface area contributed by atoms with Crippen molar-refractivity contribution in [2.75, 3.05) is 0 Å². The summed E-state index contributed by atoms with van der Waals surface area (Å²) in [5, 5.41) is 3.35. The molecule has 0 unspecified atom stereocenters. The summed E-state index contributed by atoms with van der Waals surface area (Å²) in [4.78, 5) is 7.87. The standard InChI is InChI=1S/C11H21N3/c1-7(2)11-9(5)13-10(14-11)6-12-8(3)4/h7-8,12H,6H2,1-5H3,(H,13,14). The summed E-state index contributed by atoms with van der Waals surface area (Å²) in [6.07, 6.45) is 0. The maximum atomic E-state index is 4.56. The van der Waals surface area contributed by atoms with Crippen molar-refractivity contribution in [1.82, 2.24) is 15.3 Å². The molecular weight excluding hydrogens is 174 g/mol. The van der Waals surface area contributed by atoms with Crippen LogP contribution in [0.1, 0.15) is 50.8 Å². The molecule has 0 aliphatic rings. The van der Waals surface area contributed by atoms with Crippen LogP contribution in [0.2, 0.25) is 0 Å². The smallest absolute Gasteiger partial charge is 0.120 e. The Kier molecular flexibility index (Phi) is 3.69. The lowest BCUT2D eigenvalue weighted by Gasteiger charge is -2.04. The van der Waals surface area contributed by atoms with Crippen LogP contribution in [0.3, 0.4) is 0 Å². The van der Waals surface area contributed by atoms with Gasteiger partial charge in [-0.3, -0.25) is 0 Å². The quantitative estimate of drug-likeness (QED) is 0.774. The number of aromatic amines is 1. The number of aryl methyl sites for hydroxylation is 1. The third-order valence-corrected chi connectivity index (χ3v) is 2.20. The topological polar surface area (TPSA) is 40.7 Å². The molecule has 1 heterocycles. The van der Waals surface area contributed by atoms with Crippen molar-refractivity contribution in [2.45, 2.75) is 53.1 Å². The number of imidazole rings is 1. The highest BCUT2D eigenvalue weighted by molar-refractivity contribution is 5.16. The van der Waals surface area contributed by atoms with Gasteiger partial charge in [-0.1, -0.05) is 27.7 Å². The molecule has 3 heteroatoms. The Morgan fingerprint density at radius 1 is 1.29 bits per heavy atom. The number of nitrogens with zero attached hydrogens (tertiary/aromatic N) is 1. The monoisotopic (exact) mass is 195 g/mol. The van der Waals surface area contributed by atoms with Crippen LogP contribution in [-0.4, -0.2) is 16.0 Å². The van der Waals surface area contributed by atoms with Gasteiger partial charge in [0.25, 0.3) is 0 Å².